The molecule has 0 bridgehead atoms. The van der Waals surface area contributed by atoms with E-state index < -0.39 is 0 Å². The number of amides is 1. The molecule has 0 aliphatic rings. The van der Waals surface area contributed by atoms with Gasteiger partial charge in [0.25, 0.3) is 5.22 Å². The third-order valence-electron chi connectivity index (χ3n) is 3.76. The Hall–Kier alpha value is -1.82. The lowest BCUT2D eigenvalue weighted by atomic mass is 10.1. The molecule has 0 saturated heterocycles. The number of nitrogens with one attached hydrogen (secondary N) is 1. The third-order valence-corrected chi connectivity index (χ3v) is 4.58. The largest absolute Gasteiger partial charge is 0.411 e. The van der Waals surface area contributed by atoms with E-state index in [2.05, 4.69) is 22.4 Å². The van der Waals surface area contributed by atoms with Gasteiger partial charge in [-0.1, -0.05) is 56.1 Å². The van der Waals surface area contributed by atoms with Crippen molar-refractivity contribution in [3.05, 3.63) is 29.8 Å². The second kappa shape index (κ2) is 9.47. The summed E-state index contributed by atoms with van der Waals surface area (Å²) in [5, 5.41) is 11.5. The van der Waals surface area contributed by atoms with Crippen molar-refractivity contribution in [1.29, 1.82) is 0 Å². The summed E-state index contributed by atoms with van der Waals surface area (Å²) in [7, 11) is 0. The second-order valence-electron chi connectivity index (χ2n) is 5.94. The number of aromatic nitrogens is 2. The molecule has 1 atom stereocenters. The highest BCUT2D eigenvalue weighted by Crippen LogP contribution is 2.25. The van der Waals surface area contributed by atoms with Gasteiger partial charge in [-0.25, -0.2) is 0 Å². The van der Waals surface area contributed by atoms with Crippen LogP contribution in [0.1, 0.15) is 45.1 Å². The molecule has 1 heterocycles. The highest BCUT2D eigenvalue weighted by molar-refractivity contribution is 7.99. The van der Waals surface area contributed by atoms with Crippen LogP contribution in [-0.4, -0.2) is 27.9 Å². The van der Waals surface area contributed by atoms with E-state index in [0.717, 1.165) is 24.0 Å². The Kier molecular flexibility index (Phi) is 7.31. The van der Waals surface area contributed by atoms with Crippen LogP contribution >= 0.6 is 11.8 Å². The van der Waals surface area contributed by atoms with Gasteiger partial charge >= 0.3 is 0 Å². The van der Waals surface area contributed by atoms with E-state index in [-0.39, 0.29) is 17.7 Å². The van der Waals surface area contributed by atoms with Gasteiger partial charge in [-0.15, -0.1) is 10.2 Å². The normalized spacial score (nSPS) is 12.1. The Morgan fingerprint density at radius 3 is 2.83 bits per heavy atom. The summed E-state index contributed by atoms with van der Waals surface area (Å²) in [6.07, 6.45) is 4.56. The first-order valence-electron chi connectivity index (χ1n) is 8.41. The summed E-state index contributed by atoms with van der Waals surface area (Å²) in [6.45, 7) is 6.22. The maximum Gasteiger partial charge on any atom is 0.277 e. The number of nitrogens with zero attached hydrogens (tertiary/aromatic N) is 2. The second-order valence-corrected chi connectivity index (χ2v) is 6.87. The molecule has 130 valence electrons. The van der Waals surface area contributed by atoms with E-state index >= 15 is 0 Å². The molecule has 2 aromatic rings. The molecular formula is C18H25N3O2S. The number of rotatable bonds is 9. The Morgan fingerprint density at radius 1 is 1.29 bits per heavy atom. The van der Waals surface area contributed by atoms with Crippen molar-refractivity contribution in [3.63, 3.8) is 0 Å². The SMILES string of the molecule is CCCCCC(C)NC(=O)CSc1nnc(-c2ccccc2C)o1. The van der Waals surface area contributed by atoms with E-state index in [9.17, 15) is 4.79 Å². The Balaban J connectivity index is 1.81. The molecule has 0 fully saturated rings. The minimum atomic E-state index is -0.000333. The van der Waals surface area contributed by atoms with Gasteiger partial charge in [-0.3, -0.25) is 4.79 Å². The summed E-state index contributed by atoms with van der Waals surface area (Å²) in [5.74, 6) is 0.775. The molecule has 0 radical (unpaired) electrons. The molecule has 6 heteroatoms. The zero-order chi connectivity index (χ0) is 17.4. The molecule has 0 spiro atoms. The fraction of sp³-hybridized carbons (Fsp3) is 0.500. The van der Waals surface area contributed by atoms with Crippen molar-refractivity contribution < 1.29 is 9.21 Å². The van der Waals surface area contributed by atoms with Gasteiger partial charge in [0.1, 0.15) is 0 Å². The number of hydrogen-bond acceptors (Lipinski definition) is 5. The number of carbonyl (C=O) groups is 1. The molecule has 0 saturated carbocycles. The average molecular weight is 347 g/mol. The van der Waals surface area contributed by atoms with Crippen LogP contribution in [0.4, 0.5) is 0 Å². The number of aryl methyl sites for hydroxylation is 1. The molecule has 5 nitrogen and oxygen atoms in total. The summed E-state index contributed by atoms with van der Waals surface area (Å²) >= 11 is 1.27. The van der Waals surface area contributed by atoms with E-state index in [0.29, 0.717) is 11.1 Å². The lowest BCUT2D eigenvalue weighted by Gasteiger charge is -2.12. The maximum atomic E-state index is 12.0. The number of carbonyl (C=O) groups excluding carboxylic acids is 1. The van der Waals surface area contributed by atoms with Crippen molar-refractivity contribution in [2.24, 2.45) is 0 Å². The van der Waals surface area contributed by atoms with Crippen LogP contribution in [-0.2, 0) is 4.79 Å². The Bertz CT molecular complexity index is 657. The van der Waals surface area contributed by atoms with Crippen molar-refractivity contribution >= 4 is 17.7 Å². The van der Waals surface area contributed by atoms with E-state index in [1.807, 2.05) is 38.1 Å². The lowest BCUT2D eigenvalue weighted by Crippen LogP contribution is -2.33. The predicted molar refractivity (Wildman–Crippen MR) is 96.9 cm³/mol. The molecule has 1 aromatic heterocycles. The number of benzene rings is 1. The van der Waals surface area contributed by atoms with Crippen LogP contribution in [0, 0.1) is 6.92 Å². The van der Waals surface area contributed by atoms with E-state index in [4.69, 9.17) is 4.42 Å². The van der Waals surface area contributed by atoms with Crippen LogP contribution in [0.2, 0.25) is 0 Å². The summed E-state index contributed by atoms with van der Waals surface area (Å²) in [4.78, 5) is 12.0. The first-order valence-corrected chi connectivity index (χ1v) is 9.40. The molecule has 24 heavy (non-hydrogen) atoms. The molecule has 2 rings (SSSR count). The first-order chi connectivity index (χ1) is 11.6. The molecule has 1 unspecified atom stereocenters. The molecule has 0 aliphatic carbocycles. The minimum Gasteiger partial charge on any atom is -0.411 e. The highest BCUT2D eigenvalue weighted by atomic mass is 32.2. The van der Waals surface area contributed by atoms with Crippen LogP contribution in [0.3, 0.4) is 0 Å². The number of thioether (sulfide) groups is 1. The van der Waals surface area contributed by atoms with Gasteiger partial charge in [0.2, 0.25) is 11.8 Å². The standard InChI is InChI=1S/C18H25N3O2S/c1-4-5-6-10-14(3)19-16(22)12-24-18-21-20-17(23-18)15-11-8-7-9-13(15)2/h7-9,11,14H,4-6,10,12H2,1-3H3,(H,19,22). The van der Waals surface area contributed by atoms with Crippen LogP contribution in [0.15, 0.2) is 33.9 Å². The smallest absolute Gasteiger partial charge is 0.277 e. The van der Waals surface area contributed by atoms with Crippen molar-refractivity contribution in [2.75, 3.05) is 5.75 Å². The molecule has 0 aliphatic heterocycles. The monoisotopic (exact) mass is 347 g/mol. The average Bonchev–Trinajstić information content (AvgIpc) is 3.02. The fourth-order valence-electron chi connectivity index (χ4n) is 2.41. The highest BCUT2D eigenvalue weighted by Gasteiger charge is 2.13. The van der Waals surface area contributed by atoms with E-state index in [1.165, 1.54) is 24.6 Å². The summed E-state index contributed by atoms with van der Waals surface area (Å²) in [5.41, 5.74) is 2.00. The van der Waals surface area contributed by atoms with Gasteiger partial charge in [-0.05, 0) is 31.9 Å². The van der Waals surface area contributed by atoms with Crippen LogP contribution < -0.4 is 5.32 Å². The van der Waals surface area contributed by atoms with Crippen molar-refractivity contribution in [1.82, 2.24) is 15.5 Å². The van der Waals surface area contributed by atoms with Gasteiger partial charge in [0.05, 0.1) is 5.75 Å². The Morgan fingerprint density at radius 2 is 2.08 bits per heavy atom. The number of unbranched alkanes of at least 4 members (excludes halogenated alkanes) is 2. The molecule has 1 N–H and O–H groups in total. The van der Waals surface area contributed by atoms with Crippen LogP contribution in [0.25, 0.3) is 11.5 Å². The number of hydrogen-bond donors (Lipinski definition) is 1. The molecular weight excluding hydrogens is 322 g/mol. The zero-order valence-corrected chi connectivity index (χ0v) is 15.4. The summed E-state index contributed by atoms with van der Waals surface area (Å²) in [6, 6.07) is 8.06. The fourth-order valence-corrected chi connectivity index (χ4v) is 2.98. The maximum absolute atomic E-state index is 12.0. The Labute approximate surface area is 147 Å². The van der Waals surface area contributed by atoms with Gasteiger partial charge in [-0.2, -0.15) is 0 Å². The third kappa shape index (κ3) is 5.67. The quantitative estimate of drug-likeness (QED) is 0.543. The lowest BCUT2D eigenvalue weighted by molar-refractivity contribution is -0.119. The zero-order valence-electron chi connectivity index (χ0n) is 14.5. The van der Waals surface area contributed by atoms with Crippen molar-refractivity contribution in [3.8, 4) is 11.5 Å². The topological polar surface area (TPSA) is 68.0 Å². The molecule has 1 amide bonds. The van der Waals surface area contributed by atoms with Crippen molar-refractivity contribution in [2.45, 2.75) is 57.7 Å². The minimum absolute atomic E-state index is 0.000333. The van der Waals surface area contributed by atoms with Gasteiger partial charge in [0, 0.05) is 11.6 Å². The predicted octanol–water partition coefficient (Wildman–Crippen LogP) is 4.22. The van der Waals surface area contributed by atoms with Gasteiger partial charge in [0.15, 0.2) is 0 Å². The summed E-state index contributed by atoms with van der Waals surface area (Å²) < 4.78 is 5.65. The van der Waals surface area contributed by atoms with E-state index in [1.54, 1.807) is 0 Å². The first kappa shape index (κ1) is 18.5. The van der Waals surface area contributed by atoms with Gasteiger partial charge < -0.3 is 9.73 Å². The van der Waals surface area contributed by atoms with Crippen LogP contribution in [0.5, 0.6) is 0 Å². The molecule has 1 aromatic carbocycles.